The van der Waals surface area contributed by atoms with Crippen molar-refractivity contribution in [2.75, 3.05) is 5.32 Å². The standard InChI is InChI=1S/C17H18ClFN2O3S/c1-3-11(2)21-25(23,24)14-7-4-12(5-8-14)17(22)20-13-6-9-16(19)15(18)10-13/h4-11,21H,3H2,1-2H3,(H,20,22). The Morgan fingerprint density at radius 3 is 2.40 bits per heavy atom. The first-order chi connectivity index (χ1) is 11.7. The van der Waals surface area contributed by atoms with E-state index in [4.69, 9.17) is 11.6 Å². The van der Waals surface area contributed by atoms with E-state index in [0.29, 0.717) is 12.1 Å². The minimum atomic E-state index is -3.62. The molecule has 1 unspecified atom stereocenters. The van der Waals surface area contributed by atoms with Crippen LogP contribution in [0.25, 0.3) is 0 Å². The molecule has 0 aromatic heterocycles. The Bertz CT molecular complexity index is 870. The predicted octanol–water partition coefficient (Wildman–Crippen LogP) is 3.81. The van der Waals surface area contributed by atoms with Gasteiger partial charge in [-0.3, -0.25) is 4.79 Å². The fraction of sp³-hybridized carbons (Fsp3) is 0.235. The number of rotatable bonds is 6. The van der Waals surface area contributed by atoms with Crippen LogP contribution in [0, 0.1) is 5.82 Å². The Balaban J connectivity index is 2.13. The topological polar surface area (TPSA) is 75.3 Å². The van der Waals surface area contributed by atoms with Gasteiger partial charge in [-0.05, 0) is 55.8 Å². The molecule has 134 valence electrons. The maximum absolute atomic E-state index is 13.1. The molecule has 2 aromatic rings. The first-order valence-electron chi connectivity index (χ1n) is 7.61. The highest BCUT2D eigenvalue weighted by Crippen LogP contribution is 2.20. The predicted molar refractivity (Wildman–Crippen MR) is 95.9 cm³/mol. The second kappa shape index (κ2) is 7.95. The van der Waals surface area contributed by atoms with Crippen LogP contribution >= 0.6 is 11.6 Å². The SMILES string of the molecule is CCC(C)NS(=O)(=O)c1ccc(C(=O)Nc2ccc(F)c(Cl)c2)cc1. The molecule has 8 heteroatoms. The molecule has 5 nitrogen and oxygen atoms in total. The number of hydrogen-bond acceptors (Lipinski definition) is 3. The lowest BCUT2D eigenvalue weighted by Crippen LogP contribution is -2.32. The molecule has 0 spiro atoms. The van der Waals surface area contributed by atoms with Gasteiger partial charge in [0.2, 0.25) is 10.0 Å². The number of amides is 1. The van der Waals surface area contributed by atoms with Crippen molar-refractivity contribution in [2.24, 2.45) is 0 Å². The van der Waals surface area contributed by atoms with Crippen molar-refractivity contribution in [1.29, 1.82) is 0 Å². The molecule has 0 fully saturated rings. The Morgan fingerprint density at radius 2 is 1.84 bits per heavy atom. The maximum atomic E-state index is 13.1. The van der Waals surface area contributed by atoms with Gasteiger partial charge in [-0.15, -0.1) is 0 Å². The molecule has 0 heterocycles. The lowest BCUT2D eigenvalue weighted by atomic mass is 10.2. The van der Waals surface area contributed by atoms with Crippen molar-refractivity contribution < 1.29 is 17.6 Å². The highest BCUT2D eigenvalue weighted by molar-refractivity contribution is 7.89. The van der Waals surface area contributed by atoms with Gasteiger partial charge in [-0.25, -0.2) is 17.5 Å². The quantitative estimate of drug-likeness (QED) is 0.795. The van der Waals surface area contributed by atoms with Crippen LogP contribution in [-0.4, -0.2) is 20.4 Å². The summed E-state index contributed by atoms with van der Waals surface area (Å²) in [6, 6.07) is 9.17. The number of sulfonamides is 1. The van der Waals surface area contributed by atoms with Crippen molar-refractivity contribution in [3.05, 3.63) is 58.9 Å². The van der Waals surface area contributed by atoms with Crippen molar-refractivity contribution >= 4 is 33.2 Å². The van der Waals surface area contributed by atoms with Gasteiger partial charge in [-0.1, -0.05) is 18.5 Å². The van der Waals surface area contributed by atoms with E-state index in [1.165, 1.54) is 36.4 Å². The molecular weight excluding hydrogens is 367 g/mol. The summed E-state index contributed by atoms with van der Waals surface area (Å²) in [5.74, 6) is -1.04. The zero-order valence-corrected chi connectivity index (χ0v) is 15.3. The Labute approximate surface area is 151 Å². The zero-order chi connectivity index (χ0) is 18.6. The number of hydrogen-bond donors (Lipinski definition) is 2. The van der Waals surface area contributed by atoms with Crippen LogP contribution in [0.5, 0.6) is 0 Å². The first kappa shape index (κ1) is 19.4. The third kappa shape index (κ3) is 5.01. The van der Waals surface area contributed by atoms with Gasteiger partial charge in [0.25, 0.3) is 5.91 Å². The molecule has 0 saturated heterocycles. The van der Waals surface area contributed by atoms with Crippen LogP contribution < -0.4 is 10.0 Å². The molecule has 0 aliphatic carbocycles. The monoisotopic (exact) mass is 384 g/mol. The van der Waals surface area contributed by atoms with E-state index in [2.05, 4.69) is 10.0 Å². The zero-order valence-electron chi connectivity index (χ0n) is 13.7. The van der Waals surface area contributed by atoms with Gasteiger partial charge < -0.3 is 5.32 Å². The number of nitrogens with one attached hydrogen (secondary N) is 2. The van der Waals surface area contributed by atoms with E-state index < -0.39 is 21.7 Å². The summed E-state index contributed by atoms with van der Waals surface area (Å²) >= 11 is 5.67. The van der Waals surface area contributed by atoms with E-state index in [1.54, 1.807) is 6.92 Å². The number of anilines is 1. The minimum Gasteiger partial charge on any atom is -0.322 e. The Morgan fingerprint density at radius 1 is 1.20 bits per heavy atom. The molecular formula is C17H18ClFN2O3S. The van der Waals surface area contributed by atoms with Crippen molar-refractivity contribution in [3.63, 3.8) is 0 Å². The molecule has 2 rings (SSSR count). The maximum Gasteiger partial charge on any atom is 0.255 e. The lowest BCUT2D eigenvalue weighted by Gasteiger charge is -2.12. The van der Waals surface area contributed by atoms with Crippen LogP contribution in [0.15, 0.2) is 47.4 Å². The summed E-state index contributed by atoms with van der Waals surface area (Å²) < 4.78 is 40.0. The molecule has 1 amide bonds. The smallest absolute Gasteiger partial charge is 0.255 e. The summed E-state index contributed by atoms with van der Waals surface area (Å²) in [4.78, 5) is 12.3. The van der Waals surface area contributed by atoms with Crippen molar-refractivity contribution in [3.8, 4) is 0 Å². The van der Waals surface area contributed by atoms with E-state index in [-0.39, 0.29) is 21.5 Å². The number of carbonyl (C=O) groups is 1. The van der Waals surface area contributed by atoms with E-state index in [1.807, 2.05) is 6.92 Å². The van der Waals surface area contributed by atoms with Crippen LogP contribution in [0.1, 0.15) is 30.6 Å². The molecule has 2 N–H and O–H groups in total. The van der Waals surface area contributed by atoms with Crippen LogP contribution in [-0.2, 0) is 10.0 Å². The van der Waals surface area contributed by atoms with Gasteiger partial charge >= 0.3 is 0 Å². The number of benzene rings is 2. The second-order valence-electron chi connectivity index (χ2n) is 5.54. The highest BCUT2D eigenvalue weighted by Gasteiger charge is 2.17. The number of carbonyl (C=O) groups excluding carboxylic acids is 1. The fourth-order valence-corrected chi connectivity index (χ4v) is 3.49. The van der Waals surface area contributed by atoms with Crippen LogP contribution in [0.2, 0.25) is 5.02 Å². The van der Waals surface area contributed by atoms with Gasteiger partial charge in [0.05, 0.1) is 9.92 Å². The summed E-state index contributed by atoms with van der Waals surface area (Å²) in [5, 5.41) is 2.47. The van der Waals surface area contributed by atoms with E-state index in [0.717, 1.165) is 6.07 Å². The largest absolute Gasteiger partial charge is 0.322 e. The fourth-order valence-electron chi connectivity index (χ4n) is 1.98. The summed E-state index contributed by atoms with van der Waals surface area (Å²) in [6.45, 7) is 3.65. The van der Waals surface area contributed by atoms with Crippen LogP contribution in [0.3, 0.4) is 0 Å². The lowest BCUT2D eigenvalue weighted by molar-refractivity contribution is 0.102. The number of halogens is 2. The van der Waals surface area contributed by atoms with E-state index in [9.17, 15) is 17.6 Å². The van der Waals surface area contributed by atoms with Gasteiger partial charge in [0.15, 0.2) is 0 Å². The van der Waals surface area contributed by atoms with E-state index >= 15 is 0 Å². The molecule has 25 heavy (non-hydrogen) atoms. The first-order valence-corrected chi connectivity index (χ1v) is 9.48. The molecule has 0 saturated carbocycles. The molecule has 0 radical (unpaired) electrons. The normalized spacial score (nSPS) is 12.6. The average Bonchev–Trinajstić information content (AvgIpc) is 2.57. The van der Waals surface area contributed by atoms with Crippen LogP contribution in [0.4, 0.5) is 10.1 Å². The van der Waals surface area contributed by atoms with Crippen molar-refractivity contribution in [1.82, 2.24) is 4.72 Å². The molecule has 2 aromatic carbocycles. The second-order valence-corrected chi connectivity index (χ2v) is 7.66. The minimum absolute atomic E-state index is 0.0779. The van der Waals surface area contributed by atoms with Gasteiger partial charge in [-0.2, -0.15) is 0 Å². The van der Waals surface area contributed by atoms with Crippen molar-refractivity contribution in [2.45, 2.75) is 31.2 Å². The highest BCUT2D eigenvalue weighted by atomic mass is 35.5. The summed E-state index contributed by atoms with van der Waals surface area (Å²) in [7, 11) is -3.62. The average molecular weight is 385 g/mol. The molecule has 0 aliphatic heterocycles. The Kier molecular flexibility index (Phi) is 6.16. The molecule has 1 atom stereocenters. The third-order valence-electron chi connectivity index (χ3n) is 3.57. The Hall–Kier alpha value is -1.96. The van der Waals surface area contributed by atoms with Gasteiger partial charge in [0.1, 0.15) is 5.82 Å². The summed E-state index contributed by atoms with van der Waals surface area (Å²) in [5.41, 5.74) is 0.606. The summed E-state index contributed by atoms with van der Waals surface area (Å²) in [6.07, 6.45) is 0.667. The third-order valence-corrected chi connectivity index (χ3v) is 5.47. The molecule has 0 bridgehead atoms. The van der Waals surface area contributed by atoms with Gasteiger partial charge in [0, 0.05) is 17.3 Å². The molecule has 0 aliphatic rings.